The van der Waals surface area contributed by atoms with Crippen molar-refractivity contribution in [3.63, 3.8) is 0 Å². The molecule has 4 atom stereocenters. The monoisotopic (exact) mass is 353 g/mol. The van der Waals surface area contributed by atoms with Gasteiger partial charge in [0.25, 0.3) is 0 Å². The second-order valence-electron chi connectivity index (χ2n) is 5.32. The minimum absolute atomic E-state index is 0.00309. The highest BCUT2D eigenvalue weighted by atomic mass is 32.2. The zero-order chi connectivity index (χ0) is 18.1. The molecule has 0 radical (unpaired) electrons. The molecule has 0 saturated carbocycles. The molecule has 1 rings (SSSR count). The summed E-state index contributed by atoms with van der Waals surface area (Å²) in [6, 6.07) is 6.97. The van der Waals surface area contributed by atoms with Crippen molar-refractivity contribution in [3.8, 4) is 5.75 Å². The largest absolute Gasteiger partial charge is 0.489 e. The van der Waals surface area contributed by atoms with E-state index in [1.54, 1.807) is 37.4 Å². The number of nitrogens with one attached hydrogen (secondary N) is 1. The lowest BCUT2D eigenvalue weighted by molar-refractivity contribution is -0.137. The number of ether oxygens (including phenoxy) is 1. The second-order valence-corrected chi connectivity index (χ2v) is 5.92. The molecule has 0 spiro atoms. The van der Waals surface area contributed by atoms with E-state index in [9.17, 15) is 9.00 Å². The molecule has 0 fully saturated rings. The molecule has 132 valence electrons. The SMILES string of the molecule is C=C=CCOc1ccc(C(C(=O)OS(=O)O)C(C)C(C)NC)cc1. The minimum atomic E-state index is -2.64. The Balaban J connectivity index is 3.02. The summed E-state index contributed by atoms with van der Waals surface area (Å²) in [6.07, 6.45) is 1.65. The molecule has 0 amide bonds. The van der Waals surface area contributed by atoms with Crippen LogP contribution in [0.4, 0.5) is 0 Å². The van der Waals surface area contributed by atoms with Crippen molar-refractivity contribution in [2.45, 2.75) is 25.8 Å². The van der Waals surface area contributed by atoms with Gasteiger partial charge in [0.1, 0.15) is 12.4 Å². The molecular formula is C17H23NO5S. The Morgan fingerprint density at radius 3 is 2.54 bits per heavy atom. The first kappa shape index (κ1) is 20.1. The molecule has 0 aliphatic heterocycles. The average Bonchev–Trinajstić information content (AvgIpc) is 2.55. The number of hydrogen-bond acceptors (Lipinski definition) is 5. The molecule has 0 saturated heterocycles. The lowest BCUT2D eigenvalue weighted by Crippen LogP contribution is -2.36. The maximum absolute atomic E-state index is 12.3. The van der Waals surface area contributed by atoms with Gasteiger partial charge in [0.15, 0.2) is 0 Å². The highest BCUT2D eigenvalue weighted by Gasteiger charge is 2.32. The van der Waals surface area contributed by atoms with E-state index in [-0.39, 0.29) is 12.0 Å². The van der Waals surface area contributed by atoms with Gasteiger partial charge >= 0.3 is 17.3 Å². The highest BCUT2D eigenvalue weighted by Crippen LogP contribution is 2.30. The first-order chi connectivity index (χ1) is 11.4. The van der Waals surface area contributed by atoms with Crippen LogP contribution in [0.15, 0.2) is 42.7 Å². The molecule has 0 heterocycles. The van der Waals surface area contributed by atoms with E-state index in [0.29, 0.717) is 17.9 Å². The first-order valence-electron chi connectivity index (χ1n) is 7.48. The van der Waals surface area contributed by atoms with Crippen molar-refractivity contribution >= 4 is 17.3 Å². The molecule has 7 heteroatoms. The number of carbonyl (C=O) groups is 1. The highest BCUT2D eigenvalue weighted by molar-refractivity contribution is 7.74. The molecule has 0 aromatic heterocycles. The topological polar surface area (TPSA) is 84.9 Å². The molecule has 1 aromatic carbocycles. The number of rotatable bonds is 9. The Hall–Kier alpha value is -1.92. The van der Waals surface area contributed by atoms with Gasteiger partial charge in [0, 0.05) is 6.04 Å². The minimum Gasteiger partial charge on any atom is -0.489 e. The third-order valence-electron chi connectivity index (χ3n) is 3.89. The second kappa shape index (κ2) is 10.1. The molecule has 4 unspecified atom stereocenters. The third-order valence-corrected chi connectivity index (χ3v) is 4.20. The van der Waals surface area contributed by atoms with Crippen molar-refractivity contribution in [1.29, 1.82) is 0 Å². The van der Waals surface area contributed by atoms with E-state index in [0.717, 1.165) is 0 Å². The van der Waals surface area contributed by atoms with E-state index < -0.39 is 23.2 Å². The van der Waals surface area contributed by atoms with Crippen LogP contribution in [0.25, 0.3) is 0 Å². The summed E-state index contributed by atoms with van der Waals surface area (Å²) in [4.78, 5) is 12.3. The van der Waals surface area contributed by atoms with Gasteiger partial charge in [0.2, 0.25) is 0 Å². The van der Waals surface area contributed by atoms with Crippen LogP contribution in [0.2, 0.25) is 0 Å². The maximum atomic E-state index is 12.3. The molecule has 6 nitrogen and oxygen atoms in total. The third kappa shape index (κ3) is 5.94. The van der Waals surface area contributed by atoms with Gasteiger partial charge in [-0.25, -0.2) is 0 Å². The quantitative estimate of drug-likeness (QED) is 0.524. The van der Waals surface area contributed by atoms with Gasteiger partial charge < -0.3 is 14.2 Å². The van der Waals surface area contributed by atoms with Gasteiger partial charge in [-0.2, -0.15) is 4.21 Å². The lowest BCUT2D eigenvalue weighted by atomic mass is 9.83. The normalized spacial score (nSPS) is 15.5. The molecule has 0 aliphatic rings. The van der Waals surface area contributed by atoms with Crippen LogP contribution in [0.5, 0.6) is 5.75 Å². The van der Waals surface area contributed by atoms with Gasteiger partial charge in [-0.3, -0.25) is 9.35 Å². The van der Waals surface area contributed by atoms with Crippen molar-refractivity contribution < 1.29 is 22.5 Å². The van der Waals surface area contributed by atoms with Crippen LogP contribution in [0.3, 0.4) is 0 Å². The van der Waals surface area contributed by atoms with E-state index >= 15 is 0 Å². The molecular weight excluding hydrogens is 330 g/mol. The molecule has 2 N–H and O–H groups in total. The molecule has 0 aliphatic carbocycles. The number of hydrogen-bond donors (Lipinski definition) is 2. The average molecular weight is 353 g/mol. The molecule has 1 aromatic rings. The maximum Gasteiger partial charge on any atom is 0.360 e. The van der Waals surface area contributed by atoms with Crippen LogP contribution in [-0.4, -0.2) is 34.4 Å². The van der Waals surface area contributed by atoms with E-state index in [2.05, 4.69) is 21.8 Å². The fourth-order valence-electron chi connectivity index (χ4n) is 2.30. The van der Waals surface area contributed by atoms with Gasteiger partial charge in [-0.05, 0) is 43.7 Å². The first-order valence-corrected chi connectivity index (χ1v) is 8.51. The summed E-state index contributed by atoms with van der Waals surface area (Å²) in [5.74, 6) is -0.932. The molecule has 0 bridgehead atoms. The Labute approximate surface area is 145 Å². The van der Waals surface area contributed by atoms with Gasteiger partial charge in [-0.1, -0.05) is 25.6 Å². The molecule has 24 heavy (non-hydrogen) atoms. The predicted molar refractivity (Wildman–Crippen MR) is 92.9 cm³/mol. The van der Waals surface area contributed by atoms with Crippen molar-refractivity contribution in [2.75, 3.05) is 13.7 Å². The summed E-state index contributed by atoms with van der Waals surface area (Å²) in [7, 11) is 1.79. The Morgan fingerprint density at radius 2 is 2.04 bits per heavy atom. The predicted octanol–water partition coefficient (Wildman–Crippen LogP) is 2.41. The fraction of sp³-hybridized carbons (Fsp3) is 0.412. The fourth-order valence-corrected chi connectivity index (χ4v) is 2.54. The van der Waals surface area contributed by atoms with Crippen LogP contribution in [-0.2, 0) is 20.3 Å². The standard InChI is InChI=1S/C17H23NO5S/c1-5-6-11-22-15-9-7-14(8-10-15)16(12(2)13(3)18-4)17(19)23-24(20)21/h6-10,12-13,16,18H,1,11H2,2-4H3,(H,20,21). The summed E-state index contributed by atoms with van der Waals surface area (Å²) in [6.45, 7) is 7.62. The number of benzene rings is 1. The van der Waals surface area contributed by atoms with Crippen LogP contribution in [0, 0.1) is 5.92 Å². The van der Waals surface area contributed by atoms with Crippen LogP contribution >= 0.6 is 0 Å². The van der Waals surface area contributed by atoms with Gasteiger partial charge in [-0.15, -0.1) is 5.73 Å². The number of carbonyl (C=O) groups excluding carboxylic acids is 1. The summed E-state index contributed by atoms with van der Waals surface area (Å²) < 4.78 is 29.6. The van der Waals surface area contributed by atoms with Crippen molar-refractivity contribution in [3.05, 3.63) is 48.2 Å². The zero-order valence-corrected chi connectivity index (χ0v) is 14.8. The summed E-state index contributed by atoms with van der Waals surface area (Å²) in [5, 5.41) is 3.08. The van der Waals surface area contributed by atoms with E-state index in [4.69, 9.17) is 9.29 Å². The van der Waals surface area contributed by atoms with E-state index in [1.807, 2.05) is 13.8 Å². The van der Waals surface area contributed by atoms with Crippen LogP contribution < -0.4 is 10.1 Å². The van der Waals surface area contributed by atoms with Crippen molar-refractivity contribution in [2.24, 2.45) is 5.92 Å². The van der Waals surface area contributed by atoms with E-state index in [1.165, 1.54) is 0 Å². The summed E-state index contributed by atoms with van der Waals surface area (Å²) >= 11 is -2.64. The smallest absolute Gasteiger partial charge is 0.360 e. The Bertz CT molecular complexity index is 610. The summed E-state index contributed by atoms with van der Waals surface area (Å²) in [5.41, 5.74) is 3.30. The van der Waals surface area contributed by atoms with Gasteiger partial charge in [0.05, 0.1) is 5.92 Å². The zero-order valence-electron chi connectivity index (χ0n) is 14.0. The van der Waals surface area contributed by atoms with Crippen molar-refractivity contribution in [1.82, 2.24) is 5.32 Å². The Morgan fingerprint density at radius 1 is 1.42 bits per heavy atom. The lowest BCUT2D eigenvalue weighted by Gasteiger charge is -2.27. The Kier molecular flexibility index (Phi) is 8.43. The van der Waals surface area contributed by atoms with Crippen LogP contribution in [0.1, 0.15) is 25.3 Å².